The minimum Gasteiger partial charge on any atom is -0.343 e. The Morgan fingerprint density at radius 3 is 1.88 bits per heavy atom. The first-order chi connectivity index (χ1) is 16.8. The second-order valence-corrected chi connectivity index (χ2v) is 9.43. The first-order valence-corrected chi connectivity index (χ1v) is 11.9. The van der Waals surface area contributed by atoms with Crippen LogP contribution >= 0.6 is 0 Å². The molecular formula is C32H22N2. The highest BCUT2D eigenvalue weighted by Crippen LogP contribution is 2.41. The Hall–Kier alpha value is -4.30. The maximum Gasteiger partial charge on any atom is 0.0620 e. The lowest BCUT2D eigenvalue weighted by Gasteiger charge is -2.09. The van der Waals surface area contributed by atoms with E-state index in [1.807, 2.05) is 0 Å². The van der Waals surface area contributed by atoms with Gasteiger partial charge in [0.05, 0.1) is 22.1 Å². The summed E-state index contributed by atoms with van der Waals surface area (Å²) in [6.07, 6.45) is 0.907. The van der Waals surface area contributed by atoms with Crippen molar-refractivity contribution in [2.75, 3.05) is 0 Å². The second-order valence-electron chi connectivity index (χ2n) is 9.43. The van der Waals surface area contributed by atoms with Crippen LogP contribution in [0.4, 0.5) is 0 Å². The summed E-state index contributed by atoms with van der Waals surface area (Å²) >= 11 is 0. The Morgan fingerprint density at radius 1 is 0.471 bits per heavy atom. The van der Waals surface area contributed by atoms with Gasteiger partial charge in [-0.15, -0.1) is 0 Å². The highest BCUT2D eigenvalue weighted by atomic mass is 14.9. The van der Waals surface area contributed by atoms with E-state index in [0.29, 0.717) is 0 Å². The van der Waals surface area contributed by atoms with Crippen LogP contribution in [0, 0.1) is 0 Å². The van der Waals surface area contributed by atoms with Crippen LogP contribution in [0.25, 0.3) is 59.9 Å². The van der Waals surface area contributed by atoms with E-state index < -0.39 is 0 Å². The topological polar surface area (TPSA) is 9.34 Å². The summed E-state index contributed by atoms with van der Waals surface area (Å²) in [5.41, 5.74) is 9.31. The number of aromatic nitrogens is 2. The van der Waals surface area contributed by atoms with Crippen molar-refractivity contribution >= 4 is 59.9 Å². The lowest BCUT2D eigenvalue weighted by atomic mass is 9.97. The van der Waals surface area contributed by atoms with E-state index >= 15 is 0 Å². The Morgan fingerprint density at radius 2 is 1.03 bits per heavy atom. The number of aryl methyl sites for hydroxylation is 1. The zero-order valence-electron chi connectivity index (χ0n) is 18.9. The fourth-order valence-corrected chi connectivity index (χ4v) is 6.37. The third-order valence-electron chi connectivity index (χ3n) is 7.73. The summed E-state index contributed by atoms with van der Waals surface area (Å²) < 4.78 is 4.83. The number of hydrogen-bond donors (Lipinski definition) is 0. The average Bonchev–Trinajstić information content (AvgIpc) is 3.51. The van der Waals surface area contributed by atoms with Crippen LogP contribution in [-0.2, 0) is 13.5 Å². The number of benzene rings is 5. The number of fused-ring (bicyclic) bond motifs is 9. The average molecular weight is 435 g/mol. The quantitative estimate of drug-likeness (QED) is 0.260. The predicted octanol–water partition coefficient (Wildman–Crippen LogP) is 8.07. The molecule has 160 valence electrons. The van der Waals surface area contributed by atoms with Gasteiger partial charge in [0.2, 0.25) is 0 Å². The van der Waals surface area contributed by atoms with Crippen LogP contribution < -0.4 is 0 Å². The van der Waals surface area contributed by atoms with Crippen LogP contribution in [0.2, 0.25) is 0 Å². The molecule has 0 amide bonds. The minimum atomic E-state index is 0.907. The van der Waals surface area contributed by atoms with Crippen molar-refractivity contribution in [3.05, 3.63) is 114 Å². The molecule has 2 heteroatoms. The molecule has 0 radical (unpaired) electrons. The molecule has 8 aromatic rings. The lowest BCUT2D eigenvalue weighted by Crippen LogP contribution is -1.95. The van der Waals surface area contributed by atoms with Crippen LogP contribution in [0.3, 0.4) is 0 Å². The molecule has 0 aliphatic heterocycles. The van der Waals surface area contributed by atoms with Crippen molar-refractivity contribution in [2.24, 2.45) is 7.05 Å². The molecule has 0 atom stereocenters. The Bertz CT molecular complexity index is 2050. The van der Waals surface area contributed by atoms with E-state index in [2.05, 4.69) is 119 Å². The zero-order chi connectivity index (χ0) is 22.4. The van der Waals surface area contributed by atoms with Gasteiger partial charge in [-0.05, 0) is 29.3 Å². The minimum absolute atomic E-state index is 0.907. The van der Waals surface area contributed by atoms with Crippen molar-refractivity contribution in [1.82, 2.24) is 8.97 Å². The molecule has 0 aliphatic rings. The van der Waals surface area contributed by atoms with Crippen molar-refractivity contribution < 1.29 is 0 Å². The van der Waals surface area contributed by atoms with Crippen LogP contribution in [0.15, 0.2) is 103 Å². The highest BCUT2D eigenvalue weighted by Gasteiger charge is 2.19. The Balaban J connectivity index is 1.45. The van der Waals surface area contributed by atoms with Gasteiger partial charge in [-0.25, -0.2) is 0 Å². The van der Waals surface area contributed by atoms with Crippen LogP contribution in [0.5, 0.6) is 0 Å². The van der Waals surface area contributed by atoms with Gasteiger partial charge >= 0.3 is 0 Å². The normalized spacial score (nSPS) is 12.4. The predicted molar refractivity (Wildman–Crippen MR) is 144 cm³/mol. The summed E-state index contributed by atoms with van der Waals surface area (Å²) in [5, 5.41) is 8.06. The molecule has 2 nitrogen and oxygen atoms in total. The number of hydrogen-bond acceptors (Lipinski definition) is 0. The summed E-state index contributed by atoms with van der Waals surface area (Å²) in [6.45, 7) is 0. The molecule has 0 saturated heterocycles. The third-order valence-corrected chi connectivity index (χ3v) is 7.73. The molecule has 0 fully saturated rings. The molecule has 0 saturated carbocycles. The van der Waals surface area contributed by atoms with Gasteiger partial charge in [-0.1, -0.05) is 84.9 Å². The van der Waals surface area contributed by atoms with E-state index in [1.165, 1.54) is 71.0 Å². The highest BCUT2D eigenvalue weighted by molar-refractivity contribution is 6.24. The van der Waals surface area contributed by atoms with E-state index in [-0.39, 0.29) is 0 Å². The van der Waals surface area contributed by atoms with E-state index in [9.17, 15) is 0 Å². The van der Waals surface area contributed by atoms with E-state index in [4.69, 9.17) is 0 Å². The SMILES string of the molecule is Cn1c2ccccc2c2cccc(Cc3cccc4c3c3cccc5c6ccccc6n4c53)c21. The first kappa shape index (κ1) is 18.2. The summed E-state index contributed by atoms with van der Waals surface area (Å²) in [7, 11) is 2.20. The van der Waals surface area contributed by atoms with Gasteiger partial charge in [0.25, 0.3) is 0 Å². The molecule has 0 unspecified atom stereocenters. The van der Waals surface area contributed by atoms with Crippen molar-refractivity contribution in [3.8, 4) is 0 Å². The van der Waals surface area contributed by atoms with Gasteiger partial charge in [0, 0.05) is 51.3 Å². The maximum absolute atomic E-state index is 2.47. The van der Waals surface area contributed by atoms with E-state index in [1.54, 1.807) is 0 Å². The number of rotatable bonds is 2. The fourth-order valence-electron chi connectivity index (χ4n) is 6.37. The van der Waals surface area contributed by atoms with E-state index in [0.717, 1.165) is 6.42 Å². The van der Waals surface area contributed by atoms with Gasteiger partial charge in [0.1, 0.15) is 0 Å². The number of para-hydroxylation sites is 4. The molecular weight excluding hydrogens is 412 g/mol. The van der Waals surface area contributed by atoms with Crippen LogP contribution in [0.1, 0.15) is 11.1 Å². The molecule has 3 heterocycles. The fraction of sp³-hybridized carbons (Fsp3) is 0.0625. The summed E-state index contributed by atoms with van der Waals surface area (Å²) in [4.78, 5) is 0. The Labute approximate surface area is 196 Å². The molecule has 34 heavy (non-hydrogen) atoms. The van der Waals surface area contributed by atoms with Gasteiger partial charge < -0.3 is 8.97 Å². The molecule has 0 spiro atoms. The molecule has 5 aromatic carbocycles. The second kappa shape index (κ2) is 6.39. The molecule has 3 aromatic heterocycles. The standard InChI is InChI=1S/C32H22N2/c1-33-27-16-4-2-11-22(27)24-13-6-10-21(31(24)33)19-20-9-7-18-29-30(20)26-15-8-14-25-23-12-3-5-17-28(23)34(29)32(25)26/h2-18H,19H2,1H3. The summed E-state index contributed by atoms with van der Waals surface area (Å²) in [6, 6.07) is 37.9. The number of nitrogens with zero attached hydrogens (tertiary/aromatic N) is 2. The van der Waals surface area contributed by atoms with Crippen molar-refractivity contribution in [3.63, 3.8) is 0 Å². The lowest BCUT2D eigenvalue weighted by molar-refractivity contribution is 1.00. The first-order valence-electron chi connectivity index (χ1n) is 11.9. The smallest absolute Gasteiger partial charge is 0.0620 e. The Kier molecular flexibility index (Phi) is 3.41. The van der Waals surface area contributed by atoms with Gasteiger partial charge in [0.15, 0.2) is 0 Å². The summed E-state index contributed by atoms with van der Waals surface area (Å²) in [5.74, 6) is 0. The molecule has 0 bridgehead atoms. The molecule has 0 N–H and O–H groups in total. The maximum atomic E-state index is 2.47. The van der Waals surface area contributed by atoms with Crippen molar-refractivity contribution in [1.29, 1.82) is 0 Å². The van der Waals surface area contributed by atoms with Crippen molar-refractivity contribution in [2.45, 2.75) is 6.42 Å². The zero-order valence-corrected chi connectivity index (χ0v) is 18.9. The monoisotopic (exact) mass is 434 g/mol. The van der Waals surface area contributed by atoms with Gasteiger partial charge in [-0.2, -0.15) is 0 Å². The molecule has 8 rings (SSSR count). The largest absolute Gasteiger partial charge is 0.343 e. The van der Waals surface area contributed by atoms with Gasteiger partial charge in [-0.3, -0.25) is 0 Å². The molecule has 0 aliphatic carbocycles. The van der Waals surface area contributed by atoms with Crippen LogP contribution in [-0.4, -0.2) is 8.97 Å². The third kappa shape index (κ3) is 2.16.